The second-order valence-corrected chi connectivity index (χ2v) is 6.65. The molecule has 1 saturated heterocycles. The van der Waals surface area contributed by atoms with Crippen molar-refractivity contribution in [1.29, 1.82) is 0 Å². The van der Waals surface area contributed by atoms with E-state index in [1.165, 1.54) is 0 Å². The molecule has 0 radical (unpaired) electrons. The Morgan fingerprint density at radius 2 is 1.81 bits per heavy atom. The topological polar surface area (TPSA) is 73.9 Å². The van der Waals surface area contributed by atoms with Crippen molar-refractivity contribution in [3.8, 4) is 5.75 Å². The summed E-state index contributed by atoms with van der Waals surface area (Å²) in [5.74, 6) is 0.650. The molecule has 0 spiro atoms. The molecule has 0 aliphatic carbocycles. The van der Waals surface area contributed by atoms with Crippen LogP contribution in [0, 0.1) is 13.8 Å². The van der Waals surface area contributed by atoms with Gasteiger partial charge in [0, 0.05) is 13.0 Å². The van der Waals surface area contributed by atoms with Crippen molar-refractivity contribution in [3.05, 3.63) is 23.3 Å². The van der Waals surface area contributed by atoms with E-state index < -0.39 is 10.0 Å². The first-order valence-corrected chi connectivity index (χ1v) is 8.30. The Labute approximate surface area is 125 Å². The molecule has 0 unspecified atom stereocenters. The molecule has 1 aliphatic rings. The first-order chi connectivity index (χ1) is 9.94. The summed E-state index contributed by atoms with van der Waals surface area (Å²) < 4.78 is 43.1. The zero-order valence-corrected chi connectivity index (χ0v) is 13.3. The van der Waals surface area contributed by atoms with E-state index in [9.17, 15) is 8.42 Å². The number of methoxy groups -OCH3 is 1. The Bertz CT molecular complexity index is 570. The van der Waals surface area contributed by atoms with Gasteiger partial charge in [-0.15, -0.1) is 0 Å². The van der Waals surface area contributed by atoms with Crippen LogP contribution >= 0.6 is 0 Å². The minimum absolute atomic E-state index is 0.276. The summed E-state index contributed by atoms with van der Waals surface area (Å²) in [4.78, 5) is 0.302. The standard InChI is InChI=1S/C14H21NO5S/c1-10-8-12(18-3)9-11(2)14(10)21(16,17)15-5-4-13-19-6-7-20-13/h8-9,13,15H,4-7H2,1-3H3. The van der Waals surface area contributed by atoms with Crippen molar-refractivity contribution < 1.29 is 22.6 Å². The van der Waals surface area contributed by atoms with Gasteiger partial charge in [0.05, 0.1) is 25.2 Å². The van der Waals surface area contributed by atoms with E-state index in [1.807, 2.05) is 0 Å². The normalized spacial score (nSPS) is 16.3. The number of benzene rings is 1. The van der Waals surface area contributed by atoms with Crippen LogP contribution in [0.25, 0.3) is 0 Å². The monoisotopic (exact) mass is 315 g/mol. The van der Waals surface area contributed by atoms with Gasteiger partial charge in [0.15, 0.2) is 6.29 Å². The van der Waals surface area contributed by atoms with Gasteiger partial charge in [-0.1, -0.05) is 0 Å². The van der Waals surface area contributed by atoms with Gasteiger partial charge in [-0.25, -0.2) is 13.1 Å². The number of aryl methyl sites for hydroxylation is 2. The molecule has 0 atom stereocenters. The molecular weight excluding hydrogens is 294 g/mol. The van der Waals surface area contributed by atoms with Crippen LogP contribution in [0.2, 0.25) is 0 Å². The largest absolute Gasteiger partial charge is 0.497 e. The highest BCUT2D eigenvalue weighted by molar-refractivity contribution is 7.89. The van der Waals surface area contributed by atoms with Gasteiger partial charge in [-0.05, 0) is 37.1 Å². The molecule has 118 valence electrons. The quantitative estimate of drug-likeness (QED) is 0.858. The molecule has 21 heavy (non-hydrogen) atoms. The van der Waals surface area contributed by atoms with Crippen LogP contribution in [0.1, 0.15) is 17.5 Å². The van der Waals surface area contributed by atoms with E-state index in [0.717, 1.165) is 0 Å². The van der Waals surface area contributed by atoms with Crippen LogP contribution in [0.4, 0.5) is 0 Å². The molecule has 1 fully saturated rings. The first-order valence-electron chi connectivity index (χ1n) is 6.82. The van der Waals surface area contributed by atoms with E-state index in [-0.39, 0.29) is 12.8 Å². The molecule has 1 heterocycles. The van der Waals surface area contributed by atoms with E-state index in [0.29, 0.717) is 41.4 Å². The summed E-state index contributed by atoms with van der Waals surface area (Å²) in [6.45, 7) is 4.92. The van der Waals surface area contributed by atoms with Gasteiger partial charge < -0.3 is 14.2 Å². The highest BCUT2D eigenvalue weighted by Crippen LogP contribution is 2.25. The molecule has 1 aliphatic heterocycles. The Hall–Kier alpha value is -1.15. The van der Waals surface area contributed by atoms with Crippen molar-refractivity contribution in [2.24, 2.45) is 0 Å². The van der Waals surface area contributed by atoms with Crippen LogP contribution in [0.5, 0.6) is 5.75 Å². The number of rotatable bonds is 6. The maximum absolute atomic E-state index is 12.4. The molecule has 1 aromatic rings. The van der Waals surface area contributed by atoms with Crippen LogP contribution in [-0.4, -0.2) is 41.6 Å². The number of hydrogen-bond acceptors (Lipinski definition) is 5. The van der Waals surface area contributed by atoms with Gasteiger partial charge in [0.2, 0.25) is 10.0 Å². The van der Waals surface area contributed by atoms with Crippen molar-refractivity contribution in [2.45, 2.75) is 31.5 Å². The Morgan fingerprint density at radius 1 is 1.24 bits per heavy atom. The van der Waals surface area contributed by atoms with E-state index in [2.05, 4.69) is 4.72 Å². The minimum atomic E-state index is -3.55. The highest BCUT2D eigenvalue weighted by atomic mass is 32.2. The van der Waals surface area contributed by atoms with Crippen LogP contribution < -0.4 is 9.46 Å². The average Bonchev–Trinajstić information content (AvgIpc) is 2.90. The Balaban J connectivity index is 2.08. The molecule has 0 bridgehead atoms. The lowest BCUT2D eigenvalue weighted by Gasteiger charge is -2.14. The van der Waals surface area contributed by atoms with Gasteiger partial charge >= 0.3 is 0 Å². The molecule has 0 saturated carbocycles. The maximum Gasteiger partial charge on any atom is 0.241 e. The van der Waals surface area contributed by atoms with Crippen molar-refractivity contribution >= 4 is 10.0 Å². The Morgan fingerprint density at radius 3 is 2.33 bits per heavy atom. The van der Waals surface area contributed by atoms with Gasteiger partial charge in [-0.2, -0.15) is 0 Å². The molecule has 1 aromatic carbocycles. The van der Waals surface area contributed by atoms with E-state index in [1.54, 1.807) is 33.1 Å². The fourth-order valence-corrected chi connectivity index (χ4v) is 3.91. The summed E-state index contributed by atoms with van der Waals surface area (Å²) in [6.07, 6.45) is 0.179. The third-order valence-electron chi connectivity index (χ3n) is 3.30. The van der Waals surface area contributed by atoms with Crippen molar-refractivity contribution in [3.63, 3.8) is 0 Å². The Kier molecular flexibility index (Phi) is 5.21. The number of ether oxygens (including phenoxy) is 3. The fourth-order valence-electron chi connectivity index (χ4n) is 2.41. The van der Waals surface area contributed by atoms with Gasteiger partial charge in [-0.3, -0.25) is 0 Å². The van der Waals surface area contributed by atoms with Gasteiger partial charge in [0.1, 0.15) is 5.75 Å². The zero-order chi connectivity index (χ0) is 15.5. The molecule has 0 amide bonds. The molecular formula is C14H21NO5S. The third kappa shape index (κ3) is 3.94. The summed E-state index contributed by atoms with van der Waals surface area (Å²) >= 11 is 0. The fraction of sp³-hybridized carbons (Fsp3) is 0.571. The maximum atomic E-state index is 12.4. The average molecular weight is 315 g/mol. The second-order valence-electron chi connectivity index (χ2n) is 4.95. The number of hydrogen-bond donors (Lipinski definition) is 1. The summed E-state index contributed by atoms with van der Waals surface area (Å²) in [6, 6.07) is 3.43. The smallest absolute Gasteiger partial charge is 0.241 e. The number of sulfonamides is 1. The number of nitrogens with one attached hydrogen (secondary N) is 1. The SMILES string of the molecule is COc1cc(C)c(S(=O)(=O)NCCC2OCCO2)c(C)c1. The van der Waals surface area contributed by atoms with Crippen molar-refractivity contribution in [2.75, 3.05) is 26.9 Å². The summed E-state index contributed by atoms with van der Waals surface area (Å²) in [7, 11) is -2.00. The molecule has 2 rings (SSSR count). The lowest BCUT2D eigenvalue weighted by Crippen LogP contribution is -2.28. The molecule has 7 heteroatoms. The molecule has 6 nitrogen and oxygen atoms in total. The highest BCUT2D eigenvalue weighted by Gasteiger charge is 2.22. The molecule has 0 aromatic heterocycles. The minimum Gasteiger partial charge on any atom is -0.497 e. The summed E-state index contributed by atoms with van der Waals surface area (Å²) in [5.41, 5.74) is 1.32. The van der Waals surface area contributed by atoms with Crippen molar-refractivity contribution in [1.82, 2.24) is 4.72 Å². The van der Waals surface area contributed by atoms with E-state index in [4.69, 9.17) is 14.2 Å². The first kappa shape index (κ1) is 16.2. The summed E-state index contributed by atoms with van der Waals surface area (Å²) in [5, 5.41) is 0. The predicted molar refractivity (Wildman–Crippen MR) is 78.0 cm³/mol. The predicted octanol–water partition coefficient (Wildman–Crippen LogP) is 1.35. The van der Waals surface area contributed by atoms with Crippen LogP contribution in [0.15, 0.2) is 17.0 Å². The third-order valence-corrected chi connectivity index (χ3v) is 5.07. The lowest BCUT2D eigenvalue weighted by atomic mass is 10.1. The zero-order valence-electron chi connectivity index (χ0n) is 12.5. The lowest BCUT2D eigenvalue weighted by molar-refractivity contribution is -0.0451. The molecule has 1 N–H and O–H groups in total. The second kappa shape index (κ2) is 6.74. The van der Waals surface area contributed by atoms with Gasteiger partial charge in [0.25, 0.3) is 0 Å². The van der Waals surface area contributed by atoms with Crippen LogP contribution in [0.3, 0.4) is 0 Å². The van der Waals surface area contributed by atoms with Crippen LogP contribution in [-0.2, 0) is 19.5 Å². The van der Waals surface area contributed by atoms with E-state index >= 15 is 0 Å².